The third-order valence-corrected chi connectivity index (χ3v) is 4.63. The second-order valence-electron chi connectivity index (χ2n) is 6.41. The molecule has 27 heavy (non-hydrogen) atoms. The van der Waals surface area contributed by atoms with Crippen LogP contribution in [-0.2, 0) is 13.1 Å². The summed E-state index contributed by atoms with van der Waals surface area (Å²) in [5, 5.41) is 3.86. The van der Waals surface area contributed by atoms with Crippen molar-refractivity contribution >= 4 is 5.95 Å². The highest BCUT2D eigenvalue weighted by molar-refractivity contribution is 5.29. The van der Waals surface area contributed by atoms with Crippen LogP contribution in [0, 0.1) is 0 Å². The average Bonchev–Trinajstić information content (AvgIpc) is 2.71. The number of alkyl halides is 1. The van der Waals surface area contributed by atoms with E-state index in [0.717, 1.165) is 62.3 Å². The van der Waals surface area contributed by atoms with Gasteiger partial charge in [-0.15, -0.1) is 0 Å². The summed E-state index contributed by atoms with van der Waals surface area (Å²) in [5.41, 5.74) is -1.11. The minimum absolute atomic E-state index is 0.227. The van der Waals surface area contributed by atoms with E-state index in [4.69, 9.17) is 0 Å². The molecule has 1 fully saturated rings. The summed E-state index contributed by atoms with van der Waals surface area (Å²) in [6, 6.07) is 1.81. The van der Waals surface area contributed by atoms with Gasteiger partial charge in [-0.1, -0.05) is 0 Å². The number of halogens is 1. The van der Waals surface area contributed by atoms with Gasteiger partial charge in [0.25, 0.3) is 5.56 Å². The smallest absolute Gasteiger partial charge is 0.338 e. The topological polar surface area (TPSA) is 89.2 Å². The molecule has 0 saturated carbocycles. The molecule has 0 aliphatic carbocycles. The molecule has 10 heteroatoms. The van der Waals surface area contributed by atoms with Crippen LogP contribution in [-0.4, -0.2) is 68.6 Å². The van der Waals surface area contributed by atoms with Crippen molar-refractivity contribution in [3.05, 3.63) is 45.5 Å². The van der Waals surface area contributed by atoms with Gasteiger partial charge >= 0.3 is 5.69 Å². The van der Waals surface area contributed by atoms with Crippen LogP contribution in [0.15, 0.2) is 34.2 Å². The minimum atomic E-state index is -0.751. The molecule has 0 amide bonds. The summed E-state index contributed by atoms with van der Waals surface area (Å²) < 4.78 is 14.6. The fourth-order valence-corrected chi connectivity index (χ4v) is 3.14. The second kappa shape index (κ2) is 9.36. The van der Waals surface area contributed by atoms with Gasteiger partial charge in [0.15, 0.2) is 0 Å². The predicted octanol–water partition coefficient (Wildman–Crippen LogP) is -0.233. The van der Waals surface area contributed by atoms with Gasteiger partial charge in [0, 0.05) is 45.1 Å². The molecule has 0 atom stereocenters. The van der Waals surface area contributed by atoms with Gasteiger partial charge in [-0.2, -0.15) is 5.10 Å². The summed E-state index contributed by atoms with van der Waals surface area (Å²) >= 11 is 0. The number of unbranched alkanes of at least 4 members (excludes halogenated alkanes) is 1. The maximum Gasteiger partial charge on any atom is 0.347 e. The van der Waals surface area contributed by atoms with Crippen molar-refractivity contribution in [3.63, 3.8) is 0 Å². The lowest BCUT2D eigenvalue weighted by molar-refractivity contribution is 0.249. The van der Waals surface area contributed by atoms with Crippen LogP contribution in [0.3, 0.4) is 0 Å². The van der Waals surface area contributed by atoms with E-state index >= 15 is 0 Å². The van der Waals surface area contributed by atoms with Crippen LogP contribution >= 0.6 is 0 Å². The largest absolute Gasteiger partial charge is 0.347 e. The first-order valence-electron chi connectivity index (χ1n) is 9.16. The first-order chi connectivity index (χ1) is 13.2. The zero-order valence-electron chi connectivity index (χ0n) is 15.2. The zero-order chi connectivity index (χ0) is 19.1. The maximum atomic E-state index is 12.5. The molecule has 0 spiro atoms. The van der Waals surface area contributed by atoms with Crippen LogP contribution in [0.2, 0.25) is 0 Å². The minimum Gasteiger partial charge on any atom is -0.338 e. The van der Waals surface area contributed by atoms with E-state index in [9.17, 15) is 14.0 Å². The molecular formula is C17H24FN7O2. The van der Waals surface area contributed by atoms with Gasteiger partial charge in [-0.25, -0.2) is 23.8 Å². The molecule has 1 aliphatic heterocycles. The van der Waals surface area contributed by atoms with Crippen LogP contribution in [0.1, 0.15) is 12.8 Å². The number of piperazine rings is 1. The van der Waals surface area contributed by atoms with Gasteiger partial charge in [0.1, 0.15) is 12.9 Å². The average molecular weight is 377 g/mol. The van der Waals surface area contributed by atoms with Gasteiger partial charge in [0.2, 0.25) is 5.95 Å². The molecule has 0 radical (unpaired) electrons. The second-order valence-corrected chi connectivity index (χ2v) is 6.41. The first kappa shape index (κ1) is 19.2. The normalized spacial score (nSPS) is 15.2. The lowest BCUT2D eigenvalue weighted by Gasteiger charge is -2.34. The van der Waals surface area contributed by atoms with Crippen molar-refractivity contribution in [3.8, 4) is 0 Å². The Kier molecular flexibility index (Phi) is 6.64. The molecule has 1 aliphatic rings. The molecule has 0 bridgehead atoms. The molecule has 2 aromatic rings. The molecule has 146 valence electrons. The maximum absolute atomic E-state index is 12.5. The summed E-state index contributed by atoms with van der Waals surface area (Å²) in [4.78, 5) is 36.8. The molecule has 3 rings (SSSR count). The highest BCUT2D eigenvalue weighted by Gasteiger charge is 2.18. The van der Waals surface area contributed by atoms with E-state index in [0.29, 0.717) is 6.54 Å². The molecular weight excluding hydrogens is 353 g/mol. The number of aromatic nitrogens is 5. The van der Waals surface area contributed by atoms with E-state index < -0.39 is 17.9 Å². The molecule has 3 heterocycles. The summed E-state index contributed by atoms with van der Waals surface area (Å²) in [6.07, 6.45) is 6.26. The molecule has 9 nitrogen and oxygen atoms in total. The SMILES string of the molecule is O=c1cnn(CCCCN2CCN(c3ncccn3)CC2)c(=O)n1CCF. The van der Waals surface area contributed by atoms with Crippen LogP contribution in [0.25, 0.3) is 0 Å². The van der Waals surface area contributed by atoms with E-state index in [-0.39, 0.29) is 6.54 Å². The Hall–Kier alpha value is -2.62. The number of nitrogens with zero attached hydrogens (tertiary/aromatic N) is 7. The van der Waals surface area contributed by atoms with Gasteiger partial charge in [-0.05, 0) is 25.5 Å². The highest BCUT2D eigenvalue weighted by atomic mass is 19.1. The molecule has 1 saturated heterocycles. The van der Waals surface area contributed by atoms with Crippen LogP contribution in [0.4, 0.5) is 10.3 Å². The van der Waals surface area contributed by atoms with Crippen molar-refractivity contribution in [2.45, 2.75) is 25.9 Å². The number of anilines is 1. The third-order valence-electron chi connectivity index (χ3n) is 4.63. The molecule has 0 N–H and O–H groups in total. The number of hydrogen-bond acceptors (Lipinski definition) is 7. The van der Waals surface area contributed by atoms with Crippen molar-refractivity contribution in [1.29, 1.82) is 0 Å². The standard InChI is InChI=1S/C17H24FN7O2/c18-4-9-24-15(26)14-21-25(17(24)27)8-2-1-7-22-10-12-23(13-11-22)16-19-5-3-6-20-16/h3,5-6,14H,1-2,4,7-13H2. The Bertz CT molecular complexity index is 831. The van der Waals surface area contributed by atoms with Crippen LogP contribution < -0.4 is 16.1 Å². The van der Waals surface area contributed by atoms with Gasteiger partial charge < -0.3 is 4.90 Å². The van der Waals surface area contributed by atoms with E-state index in [1.165, 1.54) is 4.68 Å². The Morgan fingerprint density at radius 2 is 1.67 bits per heavy atom. The molecule has 0 aromatic carbocycles. The predicted molar refractivity (Wildman–Crippen MR) is 98.7 cm³/mol. The summed E-state index contributed by atoms with van der Waals surface area (Å²) in [6.45, 7) is 4.04. The first-order valence-corrected chi connectivity index (χ1v) is 9.16. The Morgan fingerprint density at radius 1 is 0.963 bits per heavy atom. The van der Waals surface area contributed by atoms with Crippen molar-refractivity contribution in [2.75, 3.05) is 44.3 Å². The Balaban J connectivity index is 1.42. The van der Waals surface area contributed by atoms with E-state index in [1.807, 2.05) is 6.07 Å². The zero-order valence-corrected chi connectivity index (χ0v) is 15.2. The van der Waals surface area contributed by atoms with Crippen molar-refractivity contribution in [1.82, 2.24) is 29.2 Å². The molecule has 2 aromatic heterocycles. The monoisotopic (exact) mass is 377 g/mol. The Morgan fingerprint density at radius 3 is 2.37 bits per heavy atom. The Labute approximate surface area is 156 Å². The van der Waals surface area contributed by atoms with Crippen LogP contribution in [0.5, 0.6) is 0 Å². The van der Waals surface area contributed by atoms with Gasteiger partial charge in [-0.3, -0.25) is 14.3 Å². The fraction of sp³-hybridized carbons (Fsp3) is 0.588. The highest BCUT2D eigenvalue weighted by Crippen LogP contribution is 2.10. The number of aryl methyl sites for hydroxylation is 1. The number of hydrogen-bond donors (Lipinski definition) is 0. The lowest BCUT2D eigenvalue weighted by Crippen LogP contribution is -2.47. The summed E-state index contributed by atoms with van der Waals surface area (Å²) in [7, 11) is 0. The quantitative estimate of drug-likeness (QED) is 0.587. The van der Waals surface area contributed by atoms with E-state index in [1.54, 1.807) is 12.4 Å². The summed E-state index contributed by atoms with van der Waals surface area (Å²) in [5.74, 6) is 0.769. The van der Waals surface area contributed by atoms with Crippen molar-refractivity contribution < 1.29 is 4.39 Å². The van der Waals surface area contributed by atoms with Crippen molar-refractivity contribution in [2.24, 2.45) is 0 Å². The number of rotatable bonds is 8. The fourth-order valence-electron chi connectivity index (χ4n) is 3.14. The lowest BCUT2D eigenvalue weighted by atomic mass is 10.2. The third kappa shape index (κ3) is 4.97. The van der Waals surface area contributed by atoms with E-state index in [2.05, 4.69) is 24.9 Å². The van der Waals surface area contributed by atoms with Gasteiger partial charge in [0.05, 0.1) is 6.54 Å². The molecule has 0 unspecified atom stereocenters.